The molecule has 1 aromatic rings. The van der Waals surface area contributed by atoms with E-state index in [1.165, 1.54) is 0 Å². The Bertz CT molecular complexity index is 544. The first-order valence-electron chi connectivity index (χ1n) is 4.97. The van der Waals surface area contributed by atoms with Crippen molar-refractivity contribution >= 4 is 5.71 Å². The highest BCUT2D eigenvalue weighted by molar-refractivity contribution is 6.14. The average Bonchev–Trinajstić information content (AvgIpc) is 2.73. The van der Waals surface area contributed by atoms with Crippen LogP contribution in [0.3, 0.4) is 0 Å². The first-order chi connectivity index (χ1) is 8.93. The molecule has 0 unspecified atom stereocenters. The zero-order chi connectivity index (χ0) is 14.2. The summed E-state index contributed by atoms with van der Waals surface area (Å²) in [5, 5.41) is 3.06. The summed E-state index contributed by atoms with van der Waals surface area (Å²) < 4.78 is 77.4. The van der Waals surface area contributed by atoms with E-state index in [0.29, 0.717) is 0 Å². The predicted octanol–water partition coefficient (Wildman–Crippen LogP) is 3.07. The van der Waals surface area contributed by atoms with E-state index in [4.69, 9.17) is 0 Å². The zero-order valence-electron chi connectivity index (χ0n) is 9.05. The van der Waals surface area contributed by atoms with Crippen molar-refractivity contribution in [3.63, 3.8) is 0 Å². The van der Waals surface area contributed by atoms with Crippen LogP contribution in [0.2, 0.25) is 0 Å². The summed E-state index contributed by atoms with van der Waals surface area (Å²) in [5.74, 6) is -2.36. The summed E-state index contributed by atoms with van der Waals surface area (Å²) in [5.41, 5.74) is -1.43. The molecule has 0 spiro atoms. The predicted molar refractivity (Wildman–Crippen MR) is 54.1 cm³/mol. The van der Waals surface area contributed by atoms with Crippen molar-refractivity contribution in [3.05, 3.63) is 46.7 Å². The smallest absolute Gasteiger partial charge is 0.206 e. The van der Waals surface area contributed by atoms with Gasteiger partial charge in [0, 0.05) is 0 Å². The van der Waals surface area contributed by atoms with E-state index in [2.05, 4.69) is 10.5 Å². The Hall–Kier alpha value is -1.99. The first-order valence-corrected chi connectivity index (χ1v) is 4.97. The van der Waals surface area contributed by atoms with E-state index in [1.807, 2.05) is 0 Å². The van der Waals surface area contributed by atoms with Crippen LogP contribution in [0.5, 0.6) is 0 Å². The van der Waals surface area contributed by atoms with Gasteiger partial charge in [0.2, 0.25) is 0 Å². The topological polar surface area (TPSA) is 26.5 Å². The van der Waals surface area contributed by atoms with Gasteiger partial charge in [0.15, 0.2) is 0 Å². The molecule has 101 valence electrons. The molecule has 0 saturated heterocycles. The Kier molecular flexibility index (Phi) is 3.50. The van der Waals surface area contributed by atoms with Gasteiger partial charge >= 0.3 is 0 Å². The van der Waals surface area contributed by atoms with Crippen LogP contribution in [0.1, 0.15) is 5.56 Å². The first kappa shape index (κ1) is 13.4. The van der Waals surface area contributed by atoms with E-state index in [0.717, 1.165) is 18.2 Å². The molecule has 0 amide bonds. The fourth-order valence-electron chi connectivity index (χ4n) is 1.62. The molecule has 2 nitrogen and oxygen atoms in total. The van der Waals surface area contributed by atoms with E-state index in [9.17, 15) is 26.3 Å². The number of rotatable bonds is 3. The highest BCUT2D eigenvalue weighted by Crippen LogP contribution is 2.29. The van der Waals surface area contributed by atoms with E-state index >= 15 is 0 Å². The molecular weight excluding hydrogens is 274 g/mol. The molecule has 1 aliphatic rings. The maximum absolute atomic E-state index is 13.4. The monoisotopic (exact) mass is 279 g/mol. The van der Waals surface area contributed by atoms with Gasteiger partial charge in [-0.2, -0.15) is 0 Å². The number of nitrogens with zero attached hydrogens (tertiary/aromatic N) is 2. The second kappa shape index (κ2) is 4.94. The molecule has 0 saturated carbocycles. The Balaban J connectivity index is 2.58. The molecule has 0 atom stereocenters. The summed E-state index contributed by atoms with van der Waals surface area (Å²) in [7, 11) is 0. The third-order valence-corrected chi connectivity index (χ3v) is 2.41. The van der Waals surface area contributed by atoms with Gasteiger partial charge in [-0.1, -0.05) is 6.07 Å². The minimum atomic E-state index is -3.37. The van der Waals surface area contributed by atoms with Crippen LogP contribution in [-0.4, -0.2) is 18.6 Å². The van der Waals surface area contributed by atoms with E-state index in [1.54, 1.807) is 0 Å². The van der Waals surface area contributed by atoms with Gasteiger partial charge in [0.1, 0.15) is 23.0 Å². The number of benzene rings is 1. The summed E-state index contributed by atoms with van der Waals surface area (Å²) in [6, 6.07) is 2.63. The van der Waals surface area contributed by atoms with Crippen molar-refractivity contribution in [1.29, 1.82) is 0 Å². The minimum Gasteiger partial charge on any atom is -0.206 e. The second-order valence-corrected chi connectivity index (χ2v) is 3.55. The molecule has 2 rings (SSSR count). The summed E-state index contributed by atoms with van der Waals surface area (Å²) in [6.45, 7) is 0. The fraction of sp³-hybridized carbons (Fsp3) is 0.182. The van der Waals surface area contributed by atoms with Crippen LogP contribution in [0.15, 0.2) is 34.6 Å². The lowest BCUT2D eigenvalue weighted by molar-refractivity contribution is 0.163. The maximum atomic E-state index is 13.4. The molecule has 1 aliphatic heterocycles. The number of hydrogen-bond donors (Lipinski definition) is 0. The molecule has 1 heterocycles. The van der Waals surface area contributed by atoms with Crippen LogP contribution in [0.25, 0.3) is 0 Å². The Labute approximate surface area is 103 Å². The highest BCUT2D eigenvalue weighted by Gasteiger charge is 2.36. The average molecular weight is 279 g/mol. The van der Waals surface area contributed by atoms with Gasteiger partial charge in [0.25, 0.3) is 12.9 Å². The van der Waals surface area contributed by atoms with Gasteiger partial charge in [-0.25, -0.2) is 26.3 Å². The maximum Gasteiger partial charge on any atom is 0.282 e. The fourth-order valence-corrected chi connectivity index (χ4v) is 1.62. The van der Waals surface area contributed by atoms with Crippen molar-refractivity contribution in [2.24, 2.45) is 5.10 Å². The summed E-state index contributed by atoms with van der Waals surface area (Å²) >= 11 is 0. The molecule has 1 aromatic carbocycles. The normalized spacial score (nSPS) is 15.3. The SMILES string of the molecule is Fc1cccc(F)c1C1=N[N]C(C(F)F)=C1C(F)F. The second-order valence-electron chi connectivity index (χ2n) is 3.55. The zero-order valence-corrected chi connectivity index (χ0v) is 9.05. The summed E-state index contributed by atoms with van der Waals surface area (Å²) in [6.07, 6.45) is -6.67. The Morgan fingerprint density at radius 2 is 1.47 bits per heavy atom. The van der Waals surface area contributed by atoms with Crippen LogP contribution >= 0.6 is 0 Å². The van der Waals surface area contributed by atoms with Gasteiger partial charge in [-0.3, -0.25) is 0 Å². The summed E-state index contributed by atoms with van der Waals surface area (Å²) in [4.78, 5) is 0. The Morgan fingerprint density at radius 3 is 1.95 bits per heavy atom. The number of allylic oxidation sites excluding steroid dienone is 2. The van der Waals surface area contributed by atoms with Crippen LogP contribution in [0.4, 0.5) is 26.3 Å². The van der Waals surface area contributed by atoms with Crippen molar-refractivity contribution in [2.45, 2.75) is 12.9 Å². The van der Waals surface area contributed by atoms with E-state index in [-0.39, 0.29) is 0 Å². The van der Waals surface area contributed by atoms with Crippen molar-refractivity contribution in [2.75, 3.05) is 0 Å². The van der Waals surface area contributed by atoms with Crippen LogP contribution in [-0.2, 0) is 0 Å². The van der Waals surface area contributed by atoms with Gasteiger partial charge in [-0.15, -0.1) is 10.5 Å². The third kappa shape index (κ3) is 2.29. The minimum absolute atomic E-state index is 0.810. The lowest BCUT2D eigenvalue weighted by Gasteiger charge is -2.08. The van der Waals surface area contributed by atoms with E-state index < -0.39 is 47.0 Å². The van der Waals surface area contributed by atoms with Crippen LogP contribution in [0, 0.1) is 11.6 Å². The van der Waals surface area contributed by atoms with Gasteiger partial charge in [-0.05, 0) is 12.1 Å². The molecule has 0 aliphatic carbocycles. The molecular formula is C11H5F6N2. The number of halogens is 6. The molecule has 0 N–H and O–H groups in total. The molecule has 0 aromatic heterocycles. The number of alkyl halides is 4. The molecule has 19 heavy (non-hydrogen) atoms. The lowest BCUT2D eigenvalue weighted by Crippen LogP contribution is -2.16. The molecule has 0 fully saturated rings. The third-order valence-electron chi connectivity index (χ3n) is 2.41. The molecule has 0 bridgehead atoms. The number of hydrogen-bond acceptors (Lipinski definition) is 1. The van der Waals surface area contributed by atoms with Gasteiger partial charge in [0.05, 0.1) is 11.1 Å². The van der Waals surface area contributed by atoms with Crippen molar-refractivity contribution < 1.29 is 26.3 Å². The lowest BCUT2D eigenvalue weighted by atomic mass is 10.0. The largest absolute Gasteiger partial charge is 0.282 e. The highest BCUT2D eigenvalue weighted by atomic mass is 19.3. The van der Waals surface area contributed by atoms with Crippen molar-refractivity contribution in [1.82, 2.24) is 5.43 Å². The quantitative estimate of drug-likeness (QED) is 0.760. The van der Waals surface area contributed by atoms with Crippen LogP contribution < -0.4 is 5.43 Å². The molecule has 8 heteroatoms. The molecule has 1 radical (unpaired) electrons. The van der Waals surface area contributed by atoms with Gasteiger partial charge < -0.3 is 0 Å². The Morgan fingerprint density at radius 1 is 0.895 bits per heavy atom. The van der Waals surface area contributed by atoms with Crippen molar-refractivity contribution in [3.8, 4) is 0 Å². The standard InChI is InChI=1S/C11H5F6N2/c12-4-2-1-3-5(13)6(4)8-7(10(14)15)9(11(16)17)19-18-8/h1-3,10-11H.